The third-order valence-electron chi connectivity index (χ3n) is 3.10. The number of aliphatic carboxylic acids is 1. The molecule has 0 aliphatic rings. The first-order valence-corrected chi connectivity index (χ1v) is 7.15. The molecule has 2 aromatic rings. The second kappa shape index (κ2) is 6.33. The van der Waals surface area contributed by atoms with Crippen molar-refractivity contribution in [2.75, 3.05) is 0 Å². The Morgan fingerprint density at radius 3 is 2.74 bits per heavy atom. The largest absolute Gasteiger partial charge is 0.480 e. The molecule has 0 saturated carbocycles. The van der Waals surface area contributed by atoms with Crippen molar-refractivity contribution >= 4 is 23.0 Å². The number of aromatic nitrogens is 3. The molecule has 0 spiro atoms. The Morgan fingerprint density at radius 1 is 1.43 bits per heavy atom. The van der Waals surface area contributed by atoms with Crippen molar-refractivity contribution in [3.63, 3.8) is 0 Å². The Labute approximate surface area is 133 Å². The highest BCUT2D eigenvalue weighted by Crippen LogP contribution is 2.20. The average molecular weight is 320 g/mol. The topological polar surface area (TPSA) is 120 Å². The number of esters is 1. The summed E-state index contributed by atoms with van der Waals surface area (Å²) in [5.74, 6) is -1.49. The number of hydrogen-bond donors (Lipinski definition) is 2. The third kappa shape index (κ3) is 4.26. The van der Waals surface area contributed by atoms with Gasteiger partial charge in [-0.1, -0.05) is 0 Å². The molecule has 0 aromatic carbocycles. The number of hydrogen-bond acceptors (Lipinski definition) is 6. The van der Waals surface area contributed by atoms with Crippen molar-refractivity contribution in [2.24, 2.45) is 5.73 Å². The SMILES string of the molecule is CC(C)(C)OC(=O)Cn1cc(CC(N)C(=O)O)c2cncnc21. The van der Waals surface area contributed by atoms with E-state index in [9.17, 15) is 9.59 Å². The van der Waals surface area contributed by atoms with Gasteiger partial charge in [0.2, 0.25) is 0 Å². The van der Waals surface area contributed by atoms with E-state index in [1.807, 2.05) is 0 Å². The standard InChI is InChI=1S/C15H20N4O4/c1-15(2,3)23-12(20)7-19-6-9(4-11(16)14(21)22)10-5-17-8-18-13(10)19/h5-6,8,11H,4,7,16H2,1-3H3,(H,21,22). The van der Waals surface area contributed by atoms with Crippen molar-refractivity contribution < 1.29 is 19.4 Å². The van der Waals surface area contributed by atoms with E-state index in [0.29, 0.717) is 16.6 Å². The van der Waals surface area contributed by atoms with Gasteiger partial charge in [-0.25, -0.2) is 9.97 Å². The van der Waals surface area contributed by atoms with Crippen LogP contribution in [0.5, 0.6) is 0 Å². The van der Waals surface area contributed by atoms with Crippen molar-refractivity contribution in [3.05, 3.63) is 24.3 Å². The Morgan fingerprint density at radius 2 is 2.13 bits per heavy atom. The van der Waals surface area contributed by atoms with Crippen LogP contribution in [0.1, 0.15) is 26.3 Å². The van der Waals surface area contributed by atoms with E-state index in [0.717, 1.165) is 0 Å². The number of ether oxygens (including phenoxy) is 1. The smallest absolute Gasteiger partial charge is 0.326 e. The average Bonchev–Trinajstić information content (AvgIpc) is 2.75. The minimum Gasteiger partial charge on any atom is -0.480 e. The summed E-state index contributed by atoms with van der Waals surface area (Å²) in [5.41, 5.74) is 6.23. The fourth-order valence-corrected chi connectivity index (χ4v) is 2.22. The Hall–Kier alpha value is -2.48. The maximum Gasteiger partial charge on any atom is 0.326 e. The van der Waals surface area contributed by atoms with Gasteiger partial charge in [-0.2, -0.15) is 0 Å². The molecule has 0 aliphatic heterocycles. The molecule has 23 heavy (non-hydrogen) atoms. The molecular weight excluding hydrogens is 300 g/mol. The van der Waals surface area contributed by atoms with Gasteiger partial charge in [0.25, 0.3) is 0 Å². The molecule has 2 heterocycles. The van der Waals surface area contributed by atoms with Crippen LogP contribution in [0.4, 0.5) is 0 Å². The van der Waals surface area contributed by atoms with Crippen LogP contribution in [0.25, 0.3) is 11.0 Å². The maximum absolute atomic E-state index is 12.0. The Bertz CT molecular complexity index is 733. The molecule has 8 heteroatoms. The zero-order chi connectivity index (χ0) is 17.2. The number of carboxylic acids is 1. The van der Waals surface area contributed by atoms with Gasteiger partial charge in [-0.15, -0.1) is 0 Å². The molecule has 1 atom stereocenters. The van der Waals surface area contributed by atoms with E-state index in [4.69, 9.17) is 15.6 Å². The number of fused-ring (bicyclic) bond motifs is 1. The maximum atomic E-state index is 12.0. The first-order valence-electron chi connectivity index (χ1n) is 7.15. The third-order valence-corrected chi connectivity index (χ3v) is 3.10. The summed E-state index contributed by atoms with van der Waals surface area (Å²) < 4.78 is 6.92. The quantitative estimate of drug-likeness (QED) is 0.779. The molecule has 0 aliphatic carbocycles. The van der Waals surface area contributed by atoms with E-state index >= 15 is 0 Å². The number of nitrogens with zero attached hydrogens (tertiary/aromatic N) is 3. The second-order valence-corrected chi connectivity index (χ2v) is 6.28. The van der Waals surface area contributed by atoms with Crippen LogP contribution in [0.15, 0.2) is 18.7 Å². The lowest BCUT2D eigenvalue weighted by Gasteiger charge is -2.19. The summed E-state index contributed by atoms with van der Waals surface area (Å²) in [6.07, 6.45) is 4.75. The zero-order valence-corrected chi connectivity index (χ0v) is 13.3. The zero-order valence-electron chi connectivity index (χ0n) is 13.3. The summed E-state index contributed by atoms with van der Waals surface area (Å²) in [5, 5.41) is 9.63. The van der Waals surface area contributed by atoms with Gasteiger partial charge in [-0.05, 0) is 26.3 Å². The van der Waals surface area contributed by atoms with Crippen LogP contribution < -0.4 is 5.73 Å². The molecule has 2 aromatic heterocycles. The van der Waals surface area contributed by atoms with E-state index in [-0.39, 0.29) is 13.0 Å². The van der Waals surface area contributed by atoms with Gasteiger partial charge in [0, 0.05) is 24.2 Å². The predicted molar refractivity (Wildman–Crippen MR) is 82.7 cm³/mol. The summed E-state index contributed by atoms with van der Waals surface area (Å²) in [4.78, 5) is 31.1. The molecule has 2 rings (SSSR count). The summed E-state index contributed by atoms with van der Waals surface area (Å²) in [7, 11) is 0. The molecule has 0 saturated heterocycles. The highest BCUT2D eigenvalue weighted by Gasteiger charge is 2.20. The van der Waals surface area contributed by atoms with Gasteiger partial charge in [0.1, 0.15) is 30.2 Å². The lowest BCUT2D eigenvalue weighted by atomic mass is 10.1. The molecule has 0 fully saturated rings. The minimum atomic E-state index is -1.09. The van der Waals surface area contributed by atoms with Gasteiger partial charge >= 0.3 is 11.9 Å². The summed E-state index contributed by atoms with van der Waals surface area (Å²) in [6, 6.07) is -1.03. The number of carbonyl (C=O) groups excluding carboxylic acids is 1. The summed E-state index contributed by atoms with van der Waals surface area (Å²) in [6.45, 7) is 5.35. The van der Waals surface area contributed by atoms with Gasteiger partial charge in [0.05, 0.1) is 0 Å². The van der Waals surface area contributed by atoms with Gasteiger partial charge < -0.3 is 20.1 Å². The van der Waals surface area contributed by atoms with Crippen molar-refractivity contribution in [2.45, 2.75) is 45.4 Å². The molecule has 0 bridgehead atoms. The Kier molecular flexibility index (Phi) is 4.65. The fourth-order valence-electron chi connectivity index (χ4n) is 2.22. The van der Waals surface area contributed by atoms with Crippen LogP contribution in [-0.2, 0) is 27.3 Å². The number of carbonyl (C=O) groups is 2. The minimum absolute atomic E-state index is 0.0207. The normalized spacial score (nSPS) is 13.0. The van der Waals surface area contributed by atoms with Crippen molar-refractivity contribution in [1.82, 2.24) is 14.5 Å². The lowest BCUT2D eigenvalue weighted by molar-refractivity contribution is -0.155. The monoisotopic (exact) mass is 320 g/mol. The molecule has 124 valence electrons. The van der Waals surface area contributed by atoms with Gasteiger partial charge in [0.15, 0.2) is 0 Å². The number of nitrogens with two attached hydrogens (primary N) is 1. The van der Waals surface area contributed by atoms with Gasteiger partial charge in [-0.3, -0.25) is 9.59 Å². The van der Waals surface area contributed by atoms with Crippen LogP contribution in [0, 0.1) is 0 Å². The molecular formula is C15H20N4O4. The van der Waals surface area contributed by atoms with Crippen molar-refractivity contribution in [1.29, 1.82) is 0 Å². The van der Waals surface area contributed by atoms with E-state index in [1.165, 1.54) is 6.33 Å². The van der Waals surface area contributed by atoms with Crippen LogP contribution in [0.2, 0.25) is 0 Å². The van der Waals surface area contributed by atoms with Crippen molar-refractivity contribution in [3.8, 4) is 0 Å². The molecule has 8 nitrogen and oxygen atoms in total. The lowest BCUT2D eigenvalue weighted by Crippen LogP contribution is -2.32. The van der Waals surface area contributed by atoms with E-state index in [2.05, 4.69) is 9.97 Å². The number of rotatable bonds is 5. The van der Waals surface area contributed by atoms with E-state index < -0.39 is 23.6 Å². The molecule has 0 radical (unpaired) electrons. The summed E-state index contributed by atoms with van der Waals surface area (Å²) >= 11 is 0. The van der Waals surface area contributed by atoms with Crippen LogP contribution in [-0.4, -0.2) is 43.2 Å². The van der Waals surface area contributed by atoms with Crippen LogP contribution >= 0.6 is 0 Å². The fraction of sp³-hybridized carbons (Fsp3) is 0.467. The highest BCUT2D eigenvalue weighted by atomic mass is 16.6. The predicted octanol–water partition coefficient (Wildman–Crippen LogP) is 0.727. The first-order chi connectivity index (χ1) is 10.7. The number of carboxylic acid groups (broad SMARTS) is 1. The highest BCUT2D eigenvalue weighted by molar-refractivity contribution is 5.83. The van der Waals surface area contributed by atoms with Crippen LogP contribution in [0.3, 0.4) is 0 Å². The molecule has 1 unspecified atom stereocenters. The molecule has 0 amide bonds. The Balaban J connectivity index is 2.30. The second-order valence-electron chi connectivity index (χ2n) is 6.28. The first kappa shape index (κ1) is 16.9. The molecule has 3 N–H and O–H groups in total. The van der Waals surface area contributed by atoms with E-state index in [1.54, 1.807) is 37.7 Å².